The van der Waals surface area contributed by atoms with Crippen LogP contribution in [0.4, 0.5) is 5.82 Å². The van der Waals surface area contributed by atoms with Crippen molar-refractivity contribution in [3.8, 4) is 11.3 Å². The number of hydrogen-bond acceptors (Lipinski definition) is 2. The van der Waals surface area contributed by atoms with Crippen molar-refractivity contribution in [2.75, 3.05) is 5.73 Å². The molecule has 0 amide bonds. The molecule has 2 aromatic rings. The Morgan fingerprint density at radius 2 is 2.05 bits per heavy atom. The molecule has 3 nitrogen and oxygen atoms in total. The molecule has 1 atom stereocenters. The summed E-state index contributed by atoms with van der Waals surface area (Å²) >= 11 is 0. The smallest absolute Gasteiger partial charge is 0.131 e. The van der Waals surface area contributed by atoms with E-state index in [-0.39, 0.29) is 0 Å². The van der Waals surface area contributed by atoms with Gasteiger partial charge in [-0.05, 0) is 43.9 Å². The Labute approximate surface area is 114 Å². The molecule has 3 rings (SSSR count). The molecule has 1 aliphatic heterocycles. The van der Waals surface area contributed by atoms with Gasteiger partial charge in [0.25, 0.3) is 0 Å². The summed E-state index contributed by atoms with van der Waals surface area (Å²) in [6.07, 6.45) is 2.41. The molecule has 0 radical (unpaired) electrons. The third-order valence-electron chi connectivity index (χ3n) is 4.28. The third kappa shape index (κ3) is 1.93. The van der Waals surface area contributed by atoms with Crippen molar-refractivity contribution in [2.45, 2.75) is 46.1 Å². The molecule has 0 spiro atoms. The van der Waals surface area contributed by atoms with E-state index in [1.165, 1.54) is 24.0 Å². The maximum Gasteiger partial charge on any atom is 0.131 e. The number of fused-ring (bicyclic) bond motifs is 1. The van der Waals surface area contributed by atoms with Crippen LogP contribution < -0.4 is 5.73 Å². The molecule has 3 heteroatoms. The van der Waals surface area contributed by atoms with Crippen LogP contribution in [0.15, 0.2) is 18.2 Å². The second-order valence-electron chi connectivity index (χ2n) is 5.70. The number of anilines is 1. The number of aromatic nitrogens is 2. The number of imidazole rings is 1. The van der Waals surface area contributed by atoms with Crippen LogP contribution in [-0.2, 0) is 6.54 Å². The minimum atomic E-state index is 0.511. The van der Waals surface area contributed by atoms with Gasteiger partial charge >= 0.3 is 0 Å². The van der Waals surface area contributed by atoms with Crippen LogP contribution in [0, 0.1) is 13.8 Å². The summed E-state index contributed by atoms with van der Waals surface area (Å²) in [5.41, 5.74) is 11.0. The van der Waals surface area contributed by atoms with E-state index >= 15 is 0 Å². The molecule has 1 aromatic carbocycles. The molecule has 1 aromatic heterocycles. The number of rotatable bonds is 1. The van der Waals surface area contributed by atoms with Gasteiger partial charge in [-0.2, -0.15) is 0 Å². The first-order valence-corrected chi connectivity index (χ1v) is 7.01. The zero-order valence-electron chi connectivity index (χ0n) is 11.9. The normalized spacial score (nSPS) is 18.4. The molecule has 0 fully saturated rings. The highest BCUT2D eigenvalue weighted by Gasteiger charge is 2.23. The first-order valence-electron chi connectivity index (χ1n) is 7.01. The van der Waals surface area contributed by atoms with Gasteiger partial charge in [0.15, 0.2) is 0 Å². The molecular weight excluding hydrogens is 234 g/mol. The Balaban J connectivity index is 2.13. The van der Waals surface area contributed by atoms with Crippen molar-refractivity contribution in [1.82, 2.24) is 9.55 Å². The second-order valence-corrected chi connectivity index (χ2v) is 5.70. The Morgan fingerprint density at radius 3 is 2.74 bits per heavy atom. The van der Waals surface area contributed by atoms with Crippen molar-refractivity contribution in [2.24, 2.45) is 0 Å². The van der Waals surface area contributed by atoms with Gasteiger partial charge in [-0.15, -0.1) is 0 Å². The zero-order valence-corrected chi connectivity index (χ0v) is 11.9. The van der Waals surface area contributed by atoms with Crippen LogP contribution in [0.25, 0.3) is 11.3 Å². The van der Waals surface area contributed by atoms with Gasteiger partial charge in [0.2, 0.25) is 0 Å². The minimum Gasteiger partial charge on any atom is -0.383 e. The summed E-state index contributed by atoms with van der Waals surface area (Å²) < 4.78 is 2.19. The number of nitrogen functional groups attached to an aromatic ring is 1. The summed E-state index contributed by atoms with van der Waals surface area (Å²) in [6, 6.07) is 6.45. The van der Waals surface area contributed by atoms with E-state index in [0.29, 0.717) is 5.92 Å². The van der Waals surface area contributed by atoms with Gasteiger partial charge in [0.05, 0.1) is 0 Å². The zero-order chi connectivity index (χ0) is 13.6. The maximum absolute atomic E-state index is 6.31. The average molecular weight is 255 g/mol. The largest absolute Gasteiger partial charge is 0.383 e. The molecule has 1 aliphatic rings. The van der Waals surface area contributed by atoms with Crippen molar-refractivity contribution in [1.29, 1.82) is 0 Å². The van der Waals surface area contributed by atoms with E-state index in [1.54, 1.807) is 0 Å². The summed E-state index contributed by atoms with van der Waals surface area (Å²) in [6.45, 7) is 7.50. The molecule has 0 saturated heterocycles. The molecule has 100 valence electrons. The van der Waals surface area contributed by atoms with E-state index in [2.05, 4.69) is 43.5 Å². The van der Waals surface area contributed by atoms with Crippen LogP contribution in [0.3, 0.4) is 0 Å². The van der Waals surface area contributed by atoms with Crippen LogP contribution in [-0.4, -0.2) is 9.55 Å². The molecule has 2 N–H and O–H groups in total. The summed E-state index contributed by atoms with van der Waals surface area (Å²) in [5, 5.41) is 0. The van der Waals surface area contributed by atoms with Gasteiger partial charge in [-0.3, -0.25) is 0 Å². The molecule has 1 unspecified atom stereocenters. The Hall–Kier alpha value is -1.77. The van der Waals surface area contributed by atoms with Crippen molar-refractivity contribution in [3.05, 3.63) is 35.2 Å². The maximum atomic E-state index is 6.31. The standard InChI is InChI=1S/C16H21N3/c1-10-6-7-13(9-12(10)3)14-15(17)19-8-4-5-11(2)16(19)18-14/h6-7,9,11H,4-5,8,17H2,1-3H3. The summed E-state index contributed by atoms with van der Waals surface area (Å²) in [4.78, 5) is 4.81. The van der Waals surface area contributed by atoms with Crippen LogP contribution in [0.2, 0.25) is 0 Å². The van der Waals surface area contributed by atoms with E-state index in [0.717, 1.165) is 29.4 Å². The van der Waals surface area contributed by atoms with Gasteiger partial charge in [0.1, 0.15) is 17.3 Å². The highest BCUT2D eigenvalue weighted by atomic mass is 15.2. The molecular formula is C16H21N3. The quantitative estimate of drug-likeness (QED) is 0.845. The molecule has 0 aliphatic carbocycles. The summed E-state index contributed by atoms with van der Waals surface area (Å²) in [7, 11) is 0. The van der Waals surface area contributed by atoms with E-state index in [1.807, 2.05) is 0 Å². The second kappa shape index (κ2) is 4.41. The molecule has 19 heavy (non-hydrogen) atoms. The van der Waals surface area contributed by atoms with Gasteiger partial charge in [-0.1, -0.05) is 19.1 Å². The Bertz CT molecular complexity index is 625. The lowest BCUT2D eigenvalue weighted by molar-refractivity contribution is 0.467. The Morgan fingerprint density at radius 1 is 1.26 bits per heavy atom. The minimum absolute atomic E-state index is 0.511. The fourth-order valence-corrected chi connectivity index (χ4v) is 2.88. The van der Waals surface area contributed by atoms with Crippen LogP contribution in [0.1, 0.15) is 42.6 Å². The van der Waals surface area contributed by atoms with Crippen molar-refractivity contribution >= 4 is 5.82 Å². The average Bonchev–Trinajstić information content (AvgIpc) is 2.72. The predicted molar refractivity (Wildman–Crippen MR) is 79.2 cm³/mol. The number of benzene rings is 1. The SMILES string of the molecule is Cc1ccc(-c2nc3n(c2N)CCCC3C)cc1C. The number of nitrogens with two attached hydrogens (primary N) is 1. The first-order chi connectivity index (χ1) is 9.08. The van der Waals surface area contributed by atoms with Gasteiger partial charge < -0.3 is 10.3 Å². The highest BCUT2D eigenvalue weighted by Crippen LogP contribution is 2.34. The van der Waals surface area contributed by atoms with Crippen molar-refractivity contribution < 1.29 is 0 Å². The Kier molecular flexibility index (Phi) is 2.85. The number of hydrogen-bond donors (Lipinski definition) is 1. The van der Waals surface area contributed by atoms with Crippen molar-refractivity contribution in [3.63, 3.8) is 0 Å². The topological polar surface area (TPSA) is 43.8 Å². The van der Waals surface area contributed by atoms with E-state index < -0.39 is 0 Å². The lowest BCUT2D eigenvalue weighted by Gasteiger charge is -2.20. The fraction of sp³-hybridized carbons (Fsp3) is 0.438. The molecule has 2 heterocycles. The molecule has 0 bridgehead atoms. The van der Waals surface area contributed by atoms with E-state index in [4.69, 9.17) is 10.7 Å². The van der Waals surface area contributed by atoms with Gasteiger partial charge in [-0.25, -0.2) is 4.98 Å². The third-order valence-corrected chi connectivity index (χ3v) is 4.28. The number of aryl methyl sites for hydroxylation is 2. The van der Waals surface area contributed by atoms with Gasteiger partial charge in [0, 0.05) is 18.0 Å². The van der Waals surface area contributed by atoms with E-state index in [9.17, 15) is 0 Å². The first kappa shape index (κ1) is 12.3. The predicted octanol–water partition coefficient (Wildman–Crippen LogP) is 3.65. The fourth-order valence-electron chi connectivity index (χ4n) is 2.88. The monoisotopic (exact) mass is 255 g/mol. The lowest BCUT2D eigenvalue weighted by Crippen LogP contribution is -2.15. The highest BCUT2D eigenvalue weighted by molar-refractivity contribution is 5.72. The summed E-state index contributed by atoms with van der Waals surface area (Å²) in [5.74, 6) is 2.48. The number of nitrogens with zero attached hydrogens (tertiary/aromatic N) is 2. The van der Waals surface area contributed by atoms with Crippen LogP contribution >= 0.6 is 0 Å². The lowest BCUT2D eigenvalue weighted by atomic mass is 10.0. The van der Waals surface area contributed by atoms with Crippen LogP contribution in [0.5, 0.6) is 0 Å². The molecule has 0 saturated carbocycles.